The Labute approximate surface area is 199 Å². The van der Waals surface area contributed by atoms with Crippen LogP contribution in [0, 0.1) is 0 Å². The first kappa shape index (κ1) is 22.3. The predicted molar refractivity (Wildman–Crippen MR) is 132 cm³/mol. The maximum Gasteiger partial charge on any atom is 0.237 e. The summed E-state index contributed by atoms with van der Waals surface area (Å²) in [5, 5.41) is 5.97. The molecule has 174 valence electrons. The second-order valence-electron chi connectivity index (χ2n) is 9.25. The van der Waals surface area contributed by atoms with Crippen molar-refractivity contribution in [2.24, 2.45) is 0 Å². The molecule has 2 amide bonds. The van der Waals surface area contributed by atoms with Gasteiger partial charge in [0.2, 0.25) is 11.8 Å². The second-order valence-corrected chi connectivity index (χ2v) is 9.25. The first-order chi connectivity index (χ1) is 16.5. The number of nitrogens with zero attached hydrogens (tertiary/aromatic N) is 1. The van der Waals surface area contributed by atoms with E-state index in [2.05, 4.69) is 27.8 Å². The van der Waals surface area contributed by atoms with E-state index < -0.39 is 5.41 Å². The molecule has 6 heteroatoms. The third-order valence-corrected chi connectivity index (χ3v) is 7.16. The number of benzene rings is 2. The van der Waals surface area contributed by atoms with Crippen molar-refractivity contribution in [1.82, 2.24) is 4.98 Å². The zero-order valence-corrected chi connectivity index (χ0v) is 19.6. The summed E-state index contributed by atoms with van der Waals surface area (Å²) in [5.41, 5.74) is 5.79. The van der Waals surface area contributed by atoms with Gasteiger partial charge in [-0.3, -0.25) is 9.59 Å². The first-order valence-electron chi connectivity index (χ1n) is 11.8. The fraction of sp³-hybridized carbons (Fsp3) is 0.321. The molecule has 6 nitrogen and oxygen atoms in total. The molecule has 2 aliphatic rings. The van der Waals surface area contributed by atoms with Crippen LogP contribution in [-0.4, -0.2) is 23.9 Å². The van der Waals surface area contributed by atoms with Crippen molar-refractivity contribution in [3.8, 4) is 0 Å². The highest BCUT2D eigenvalue weighted by Crippen LogP contribution is 2.46. The maximum atomic E-state index is 12.9. The lowest BCUT2D eigenvalue weighted by molar-refractivity contribution is -0.120. The summed E-state index contributed by atoms with van der Waals surface area (Å²) in [6.07, 6.45) is 5.03. The number of hydrogen-bond acceptors (Lipinski definition) is 4. The number of hydrogen-bond donors (Lipinski definition) is 2. The van der Waals surface area contributed by atoms with Gasteiger partial charge < -0.3 is 15.4 Å². The number of aryl methyl sites for hydroxylation is 1. The molecule has 2 N–H and O–H groups in total. The predicted octanol–water partition coefficient (Wildman–Crippen LogP) is 4.74. The van der Waals surface area contributed by atoms with Gasteiger partial charge >= 0.3 is 0 Å². The fourth-order valence-corrected chi connectivity index (χ4v) is 5.29. The summed E-state index contributed by atoms with van der Waals surface area (Å²) in [4.78, 5) is 29.8. The van der Waals surface area contributed by atoms with E-state index in [0.717, 1.165) is 35.2 Å². The highest BCUT2D eigenvalue weighted by Gasteiger charge is 2.51. The lowest BCUT2D eigenvalue weighted by Gasteiger charge is -2.20. The number of anilines is 2. The number of fused-ring (bicyclic) bond motifs is 3. The van der Waals surface area contributed by atoms with Crippen molar-refractivity contribution in [2.45, 2.75) is 50.5 Å². The number of rotatable bonds is 7. The number of nitrogens with one attached hydrogen (secondary N) is 2. The molecular formula is C28H29N3O3. The fourth-order valence-electron chi connectivity index (χ4n) is 5.29. The van der Waals surface area contributed by atoms with Gasteiger partial charge in [-0.15, -0.1) is 0 Å². The summed E-state index contributed by atoms with van der Waals surface area (Å²) in [5.74, 6) is 0.666. The van der Waals surface area contributed by atoms with E-state index in [1.54, 1.807) is 13.3 Å². The minimum absolute atomic E-state index is 0.00177. The van der Waals surface area contributed by atoms with Crippen LogP contribution in [0.25, 0.3) is 0 Å². The van der Waals surface area contributed by atoms with E-state index in [1.165, 1.54) is 11.1 Å². The van der Waals surface area contributed by atoms with E-state index in [9.17, 15) is 9.59 Å². The Hall–Kier alpha value is -3.51. The summed E-state index contributed by atoms with van der Waals surface area (Å²) in [6, 6.07) is 18.1. The topological polar surface area (TPSA) is 80.3 Å². The Bertz CT molecular complexity index is 1260. The van der Waals surface area contributed by atoms with Crippen molar-refractivity contribution < 1.29 is 14.3 Å². The largest absolute Gasteiger partial charge is 0.377 e. The van der Waals surface area contributed by atoms with Crippen LogP contribution >= 0.6 is 0 Å². The quantitative estimate of drug-likeness (QED) is 0.539. The minimum Gasteiger partial charge on any atom is -0.377 e. The Morgan fingerprint density at radius 3 is 2.82 bits per heavy atom. The molecule has 1 aromatic heterocycles. The van der Waals surface area contributed by atoms with Crippen LogP contribution in [0.15, 0.2) is 60.8 Å². The molecule has 1 aliphatic heterocycles. The molecule has 5 rings (SSSR count). The number of methoxy groups -OCH3 is 1. The number of carbonyl (C=O) groups excluding carboxylic acids is 2. The standard InChI is InChI=1S/C28H29N3O3/c1-18(34-2)23-9-4-3-7-19(23)8-5-11-25(32)30-22-13-12-20-16-28(17-21(20)15-22)24-10-6-14-29-26(24)31-27(28)33/h3-4,6-7,9-10,12-15,18H,5,8,11,16-17H2,1-2H3,(H,30,32)(H,29,31,33). The average molecular weight is 456 g/mol. The number of amides is 2. The molecule has 0 saturated carbocycles. The van der Waals surface area contributed by atoms with Crippen LogP contribution < -0.4 is 10.6 Å². The molecule has 2 heterocycles. The zero-order chi connectivity index (χ0) is 23.7. The normalized spacial score (nSPS) is 18.9. The van der Waals surface area contributed by atoms with Crippen LogP contribution in [0.4, 0.5) is 11.5 Å². The highest BCUT2D eigenvalue weighted by atomic mass is 16.5. The first-order valence-corrected chi connectivity index (χ1v) is 11.8. The molecule has 2 unspecified atom stereocenters. The van der Waals surface area contributed by atoms with Gasteiger partial charge in [0.1, 0.15) is 5.82 Å². The van der Waals surface area contributed by atoms with E-state index in [1.807, 2.05) is 49.4 Å². The van der Waals surface area contributed by atoms with Gasteiger partial charge in [0.05, 0.1) is 11.5 Å². The van der Waals surface area contributed by atoms with Crippen LogP contribution in [0.2, 0.25) is 0 Å². The molecule has 1 spiro atoms. The molecule has 34 heavy (non-hydrogen) atoms. The zero-order valence-electron chi connectivity index (χ0n) is 19.6. The van der Waals surface area contributed by atoms with Crippen molar-refractivity contribution >= 4 is 23.3 Å². The summed E-state index contributed by atoms with van der Waals surface area (Å²) in [6.45, 7) is 2.04. The van der Waals surface area contributed by atoms with Gasteiger partial charge in [0, 0.05) is 31.0 Å². The maximum absolute atomic E-state index is 12.9. The molecule has 0 bridgehead atoms. The van der Waals surface area contributed by atoms with Gasteiger partial charge in [0.25, 0.3) is 0 Å². The van der Waals surface area contributed by atoms with E-state index in [-0.39, 0.29) is 17.9 Å². The van der Waals surface area contributed by atoms with Gasteiger partial charge in [-0.1, -0.05) is 36.4 Å². The van der Waals surface area contributed by atoms with Crippen LogP contribution in [0.1, 0.15) is 53.7 Å². The van der Waals surface area contributed by atoms with Crippen LogP contribution in [-0.2, 0) is 39.0 Å². The molecule has 3 aromatic rings. The third kappa shape index (κ3) is 3.99. The molecule has 2 aromatic carbocycles. The summed E-state index contributed by atoms with van der Waals surface area (Å²) < 4.78 is 5.47. The number of ether oxygens (including phenoxy) is 1. The molecule has 2 atom stereocenters. The highest BCUT2D eigenvalue weighted by molar-refractivity contribution is 6.06. The smallest absolute Gasteiger partial charge is 0.237 e. The number of aromatic nitrogens is 1. The Balaban J connectivity index is 1.22. The van der Waals surface area contributed by atoms with Crippen molar-refractivity contribution in [3.63, 3.8) is 0 Å². The SMILES string of the molecule is COC(C)c1ccccc1CCCC(=O)Nc1ccc2c(c1)CC1(C2)C(=O)Nc2ncccc21. The lowest BCUT2D eigenvalue weighted by Crippen LogP contribution is -2.35. The minimum atomic E-state index is -0.596. The van der Waals surface area contributed by atoms with Crippen molar-refractivity contribution in [3.05, 3.63) is 88.6 Å². The Morgan fingerprint density at radius 1 is 1.15 bits per heavy atom. The number of carbonyl (C=O) groups is 2. The van der Waals surface area contributed by atoms with Gasteiger partial charge in [-0.25, -0.2) is 4.98 Å². The van der Waals surface area contributed by atoms with Crippen LogP contribution in [0.3, 0.4) is 0 Å². The van der Waals surface area contributed by atoms with Gasteiger partial charge in [-0.05, 0) is 73.1 Å². The molecule has 0 radical (unpaired) electrons. The third-order valence-electron chi connectivity index (χ3n) is 7.16. The Kier molecular flexibility index (Phi) is 5.92. The molecular weight excluding hydrogens is 426 g/mol. The molecule has 0 fully saturated rings. The van der Waals surface area contributed by atoms with E-state index in [0.29, 0.717) is 25.1 Å². The molecule has 0 saturated heterocycles. The molecule has 1 aliphatic carbocycles. The summed E-state index contributed by atoms with van der Waals surface area (Å²) >= 11 is 0. The summed E-state index contributed by atoms with van der Waals surface area (Å²) in [7, 11) is 1.71. The average Bonchev–Trinajstić information content (AvgIpc) is 3.36. The van der Waals surface area contributed by atoms with E-state index >= 15 is 0 Å². The van der Waals surface area contributed by atoms with Gasteiger partial charge in [0.15, 0.2) is 0 Å². The van der Waals surface area contributed by atoms with Crippen molar-refractivity contribution in [1.29, 1.82) is 0 Å². The van der Waals surface area contributed by atoms with Crippen molar-refractivity contribution in [2.75, 3.05) is 17.7 Å². The van der Waals surface area contributed by atoms with Gasteiger partial charge in [-0.2, -0.15) is 0 Å². The monoisotopic (exact) mass is 455 g/mol. The van der Waals surface area contributed by atoms with Crippen LogP contribution in [0.5, 0.6) is 0 Å². The Morgan fingerprint density at radius 2 is 1.97 bits per heavy atom. The second kappa shape index (κ2) is 9.03. The lowest BCUT2D eigenvalue weighted by atomic mass is 9.79. The van der Waals surface area contributed by atoms with E-state index in [4.69, 9.17) is 4.74 Å². The number of pyridine rings is 1.